The molecule has 7 heteroatoms. The van der Waals surface area contributed by atoms with Crippen LogP contribution in [0.5, 0.6) is 0 Å². The maximum atomic E-state index is 12.6. The molecule has 2 aromatic carbocycles. The lowest BCUT2D eigenvalue weighted by molar-refractivity contribution is -0.136. The maximum absolute atomic E-state index is 12.6. The highest BCUT2D eigenvalue weighted by atomic mass is 16.2. The van der Waals surface area contributed by atoms with Gasteiger partial charge in [-0.2, -0.15) is 5.26 Å². The van der Waals surface area contributed by atoms with Crippen LogP contribution in [0.2, 0.25) is 0 Å². The van der Waals surface area contributed by atoms with Gasteiger partial charge in [-0.1, -0.05) is 30.7 Å². The Balaban J connectivity index is 1.47. The molecule has 2 aliphatic heterocycles. The number of likely N-dealkylation sites (tertiary alicyclic amines) is 1. The van der Waals surface area contributed by atoms with Crippen LogP contribution in [0.25, 0.3) is 0 Å². The third-order valence-electron chi connectivity index (χ3n) is 6.63. The van der Waals surface area contributed by atoms with Crippen molar-refractivity contribution in [1.29, 1.82) is 5.26 Å². The van der Waals surface area contributed by atoms with Gasteiger partial charge >= 0.3 is 11.8 Å². The highest BCUT2D eigenvalue weighted by Gasteiger charge is 2.26. The fourth-order valence-corrected chi connectivity index (χ4v) is 4.84. The first-order valence-corrected chi connectivity index (χ1v) is 11.7. The number of nitrogens with zero attached hydrogens (tertiary/aromatic N) is 3. The fourth-order valence-electron chi connectivity index (χ4n) is 4.84. The van der Waals surface area contributed by atoms with Crippen LogP contribution in [0.15, 0.2) is 42.5 Å². The van der Waals surface area contributed by atoms with Crippen LogP contribution < -0.4 is 15.5 Å². The standard InChI is InChI=1S/C26H31N5O2/c1-30-13-7-9-19-16-20(11-12-23(19)30)24(31-14-5-2-6-15-31)18-28-25(32)26(33)29-22-10-4-3-8-21(22)17-27/h3-4,8,10-12,16,24H,2,5-7,9,13-15,18H2,1H3,(H,28,32)(H,29,33)/t24-/m0/s1. The van der Waals surface area contributed by atoms with Crippen LogP contribution in [0.1, 0.15) is 48.4 Å². The van der Waals surface area contributed by atoms with Crippen LogP contribution in [0.3, 0.4) is 0 Å². The lowest BCUT2D eigenvalue weighted by Gasteiger charge is -2.36. The smallest absolute Gasteiger partial charge is 0.313 e. The molecule has 2 amide bonds. The summed E-state index contributed by atoms with van der Waals surface area (Å²) in [7, 11) is 2.13. The Morgan fingerprint density at radius 2 is 1.82 bits per heavy atom. The third-order valence-corrected chi connectivity index (χ3v) is 6.63. The van der Waals surface area contributed by atoms with Gasteiger partial charge in [0, 0.05) is 25.8 Å². The highest BCUT2D eigenvalue weighted by Crippen LogP contribution is 2.31. The number of fused-ring (bicyclic) bond motifs is 1. The molecule has 33 heavy (non-hydrogen) atoms. The molecule has 7 nitrogen and oxygen atoms in total. The first kappa shape index (κ1) is 22.8. The molecular formula is C26H31N5O2. The van der Waals surface area contributed by atoms with E-state index >= 15 is 0 Å². The van der Waals surface area contributed by atoms with Gasteiger partial charge in [0.25, 0.3) is 0 Å². The van der Waals surface area contributed by atoms with E-state index in [9.17, 15) is 14.9 Å². The van der Waals surface area contributed by atoms with Gasteiger partial charge in [0.2, 0.25) is 0 Å². The zero-order chi connectivity index (χ0) is 23.2. The number of nitrogens with one attached hydrogen (secondary N) is 2. The molecule has 2 aromatic rings. The molecule has 0 aliphatic carbocycles. The zero-order valence-electron chi connectivity index (χ0n) is 19.1. The van der Waals surface area contributed by atoms with Crippen molar-refractivity contribution in [3.63, 3.8) is 0 Å². The van der Waals surface area contributed by atoms with E-state index in [2.05, 4.69) is 45.7 Å². The maximum Gasteiger partial charge on any atom is 0.313 e. The van der Waals surface area contributed by atoms with E-state index in [0.29, 0.717) is 17.8 Å². The Hall–Kier alpha value is -3.37. The summed E-state index contributed by atoms with van der Waals surface area (Å²) in [5, 5.41) is 14.6. The summed E-state index contributed by atoms with van der Waals surface area (Å²) in [6, 6.07) is 15.3. The summed E-state index contributed by atoms with van der Waals surface area (Å²) in [4.78, 5) is 29.8. The summed E-state index contributed by atoms with van der Waals surface area (Å²) in [5.41, 5.74) is 4.47. The monoisotopic (exact) mass is 445 g/mol. The van der Waals surface area contributed by atoms with Crippen molar-refractivity contribution < 1.29 is 9.59 Å². The summed E-state index contributed by atoms with van der Waals surface area (Å²) >= 11 is 0. The minimum Gasteiger partial charge on any atom is -0.374 e. The average Bonchev–Trinajstić information content (AvgIpc) is 2.85. The van der Waals surface area contributed by atoms with Crippen molar-refractivity contribution in [3.05, 3.63) is 59.2 Å². The second kappa shape index (κ2) is 10.5. The molecule has 2 N–H and O–H groups in total. The summed E-state index contributed by atoms with van der Waals surface area (Å²) < 4.78 is 0. The number of rotatable bonds is 5. The molecular weight excluding hydrogens is 414 g/mol. The highest BCUT2D eigenvalue weighted by molar-refractivity contribution is 6.39. The Kier molecular flexibility index (Phi) is 7.26. The normalized spacial score (nSPS) is 16.9. The summed E-state index contributed by atoms with van der Waals surface area (Å²) in [6.07, 6.45) is 5.72. The zero-order valence-corrected chi connectivity index (χ0v) is 19.1. The molecule has 1 atom stereocenters. The van der Waals surface area contributed by atoms with E-state index < -0.39 is 11.8 Å². The van der Waals surface area contributed by atoms with Crippen LogP contribution in [-0.2, 0) is 16.0 Å². The van der Waals surface area contributed by atoms with E-state index in [4.69, 9.17) is 0 Å². The molecule has 4 rings (SSSR count). The third kappa shape index (κ3) is 5.35. The molecule has 0 aromatic heterocycles. The Morgan fingerprint density at radius 3 is 2.61 bits per heavy atom. The Labute approximate surface area is 195 Å². The number of nitriles is 1. The largest absolute Gasteiger partial charge is 0.374 e. The topological polar surface area (TPSA) is 88.5 Å². The van der Waals surface area contributed by atoms with E-state index in [1.54, 1.807) is 24.3 Å². The van der Waals surface area contributed by atoms with Crippen LogP contribution >= 0.6 is 0 Å². The Bertz CT molecular complexity index is 1050. The van der Waals surface area contributed by atoms with Crippen molar-refractivity contribution in [3.8, 4) is 6.07 Å². The predicted octanol–water partition coefficient (Wildman–Crippen LogP) is 3.22. The average molecular weight is 446 g/mol. The first-order chi connectivity index (χ1) is 16.1. The molecule has 2 heterocycles. The first-order valence-electron chi connectivity index (χ1n) is 11.7. The van der Waals surface area contributed by atoms with Crippen molar-refractivity contribution in [2.45, 2.75) is 38.1 Å². The number of anilines is 2. The number of amides is 2. The van der Waals surface area contributed by atoms with Crippen LogP contribution in [0.4, 0.5) is 11.4 Å². The summed E-state index contributed by atoms with van der Waals surface area (Å²) in [5.74, 6) is -1.45. The molecule has 0 spiro atoms. The van der Waals surface area contributed by atoms with Gasteiger partial charge in [-0.05, 0) is 68.1 Å². The SMILES string of the molecule is CN1CCCc2cc([C@H](CNC(=O)C(=O)Nc3ccccc3C#N)N3CCCCC3)ccc21. The van der Waals surface area contributed by atoms with E-state index in [1.807, 2.05) is 6.07 Å². The number of carbonyl (C=O) groups is 2. The number of para-hydroxylation sites is 1. The van der Waals surface area contributed by atoms with E-state index in [0.717, 1.165) is 45.3 Å². The quantitative estimate of drug-likeness (QED) is 0.690. The molecule has 0 radical (unpaired) electrons. The number of benzene rings is 2. The number of hydrogen-bond donors (Lipinski definition) is 2. The second-order valence-electron chi connectivity index (χ2n) is 8.85. The molecule has 1 fully saturated rings. The number of hydrogen-bond acceptors (Lipinski definition) is 5. The minimum atomic E-state index is -0.762. The number of aryl methyl sites for hydroxylation is 1. The van der Waals surface area contributed by atoms with Crippen LogP contribution in [-0.4, -0.2) is 49.9 Å². The number of carbonyl (C=O) groups excluding carboxylic acids is 2. The Morgan fingerprint density at radius 1 is 1.03 bits per heavy atom. The summed E-state index contributed by atoms with van der Waals surface area (Å²) in [6.45, 7) is 3.40. The van der Waals surface area contributed by atoms with Gasteiger partial charge in [0.15, 0.2) is 0 Å². The molecule has 0 bridgehead atoms. The minimum absolute atomic E-state index is 0.0194. The molecule has 1 saturated heterocycles. The van der Waals surface area contributed by atoms with Crippen molar-refractivity contribution >= 4 is 23.2 Å². The fraction of sp³-hybridized carbons (Fsp3) is 0.423. The second-order valence-corrected chi connectivity index (χ2v) is 8.85. The van der Waals surface area contributed by atoms with Crippen molar-refractivity contribution in [2.24, 2.45) is 0 Å². The molecule has 172 valence electrons. The predicted molar refractivity (Wildman–Crippen MR) is 129 cm³/mol. The van der Waals surface area contributed by atoms with Gasteiger partial charge in [0.05, 0.1) is 17.3 Å². The van der Waals surface area contributed by atoms with Gasteiger partial charge in [-0.25, -0.2) is 0 Å². The van der Waals surface area contributed by atoms with Crippen LogP contribution in [0, 0.1) is 11.3 Å². The van der Waals surface area contributed by atoms with Gasteiger partial charge < -0.3 is 15.5 Å². The molecule has 0 unspecified atom stereocenters. The van der Waals surface area contributed by atoms with E-state index in [-0.39, 0.29) is 6.04 Å². The number of piperidine rings is 1. The lowest BCUT2D eigenvalue weighted by atomic mass is 9.95. The van der Waals surface area contributed by atoms with Gasteiger partial charge in [-0.15, -0.1) is 0 Å². The van der Waals surface area contributed by atoms with Gasteiger partial charge in [0.1, 0.15) is 6.07 Å². The van der Waals surface area contributed by atoms with Crippen molar-refractivity contribution in [2.75, 3.05) is 43.4 Å². The lowest BCUT2D eigenvalue weighted by Crippen LogP contribution is -2.43. The molecule has 2 aliphatic rings. The molecule has 0 saturated carbocycles. The van der Waals surface area contributed by atoms with Crippen molar-refractivity contribution in [1.82, 2.24) is 10.2 Å². The van der Waals surface area contributed by atoms with Gasteiger partial charge in [-0.3, -0.25) is 14.5 Å². The van der Waals surface area contributed by atoms with E-state index in [1.165, 1.54) is 23.2 Å².